The van der Waals surface area contributed by atoms with Crippen molar-refractivity contribution in [3.8, 4) is 0 Å². The van der Waals surface area contributed by atoms with E-state index in [4.69, 9.17) is 16.3 Å². The fourth-order valence-electron chi connectivity index (χ4n) is 1.58. The average molecular weight is 311 g/mol. The van der Waals surface area contributed by atoms with Gasteiger partial charge in [0.2, 0.25) is 5.91 Å². The molecule has 0 atom stereocenters. The normalized spacial score (nSPS) is 10.0. The number of hydrogen-bond donors (Lipinski definition) is 2. The van der Waals surface area contributed by atoms with Crippen molar-refractivity contribution >= 4 is 29.1 Å². The van der Waals surface area contributed by atoms with Crippen molar-refractivity contribution in [1.29, 1.82) is 0 Å². The zero-order valence-electron chi connectivity index (χ0n) is 11.9. The Morgan fingerprint density at radius 1 is 1.43 bits per heavy atom. The number of carbonyl (C=O) groups excluding carboxylic acids is 2. The Morgan fingerprint density at radius 3 is 2.86 bits per heavy atom. The predicted molar refractivity (Wildman–Crippen MR) is 83.7 cm³/mol. The van der Waals surface area contributed by atoms with Crippen LogP contribution in [0.1, 0.15) is 23.2 Å². The summed E-state index contributed by atoms with van der Waals surface area (Å²) in [7, 11) is 1.56. The second-order valence-corrected chi connectivity index (χ2v) is 4.73. The van der Waals surface area contributed by atoms with E-state index in [1.54, 1.807) is 31.4 Å². The standard InChI is InChI=1S/C15H19ClN2O3/c1-3-4-5-14(19)18-13-10-11(6-7-12(13)16)15(20)17-8-9-21-2/h3,6-7,10H,1,4-5,8-9H2,2H3,(H,17,20)(H,18,19). The zero-order chi connectivity index (χ0) is 15.7. The van der Waals surface area contributed by atoms with Crippen LogP contribution in [0.5, 0.6) is 0 Å². The first-order valence-electron chi connectivity index (χ1n) is 6.56. The molecule has 21 heavy (non-hydrogen) atoms. The Balaban J connectivity index is 2.72. The van der Waals surface area contributed by atoms with Gasteiger partial charge < -0.3 is 15.4 Å². The molecule has 0 unspecified atom stereocenters. The fraction of sp³-hybridized carbons (Fsp3) is 0.333. The van der Waals surface area contributed by atoms with E-state index in [1.807, 2.05) is 0 Å². The zero-order valence-corrected chi connectivity index (χ0v) is 12.7. The number of allylic oxidation sites excluding steroid dienone is 1. The van der Waals surface area contributed by atoms with Crippen molar-refractivity contribution in [1.82, 2.24) is 5.32 Å². The van der Waals surface area contributed by atoms with E-state index in [0.29, 0.717) is 42.3 Å². The minimum atomic E-state index is -0.245. The third kappa shape index (κ3) is 5.97. The van der Waals surface area contributed by atoms with Crippen molar-refractivity contribution in [3.05, 3.63) is 41.4 Å². The summed E-state index contributed by atoms with van der Waals surface area (Å²) in [6.45, 7) is 4.41. The highest BCUT2D eigenvalue weighted by Crippen LogP contribution is 2.23. The summed E-state index contributed by atoms with van der Waals surface area (Å²) in [6, 6.07) is 4.73. The average Bonchev–Trinajstić information content (AvgIpc) is 2.47. The molecule has 0 saturated carbocycles. The van der Waals surface area contributed by atoms with Crippen molar-refractivity contribution in [3.63, 3.8) is 0 Å². The van der Waals surface area contributed by atoms with Gasteiger partial charge in [0.05, 0.1) is 17.3 Å². The highest BCUT2D eigenvalue weighted by molar-refractivity contribution is 6.33. The molecule has 6 heteroatoms. The first-order valence-corrected chi connectivity index (χ1v) is 6.93. The third-order valence-electron chi connectivity index (χ3n) is 2.67. The maximum atomic E-state index is 11.9. The molecule has 2 amide bonds. The van der Waals surface area contributed by atoms with Crippen LogP contribution < -0.4 is 10.6 Å². The summed E-state index contributed by atoms with van der Waals surface area (Å²) >= 11 is 6.02. The predicted octanol–water partition coefficient (Wildman–Crippen LogP) is 2.62. The van der Waals surface area contributed by atoms with Crippen LogP contribution in [0.4, 0.5) is 5.69 Å². The molecule has 1 aromatic carbocycles. The van der Waals surface area contributed by atoms with Crippen molar-refractivity contribution in [2.45, 2.75) is 12.8 Å². The number of rotatable bonds is 8. The van der Waals surface area contributed by atoms with Gasteiger partial charge in [-0.25, -0.2) is 0 Å². The van der Waals surface area contributed by atoms with E-state index >= 15 is 0 Å². The first-order chi connectivity index (χ1) is 10.1. The Bertz CT molecular complexity index is 518. The first kappa shape index (κ1) is 17.2. The summed E-state index contributed by atoms with van der Waals surface area (Å²) in [5, 5.41) is 5.77. The highest BCUT2D eigenvalue weighted by atomic mass is 35.5. The lowest BCUT2D eigenvalue weighted by Gasteiger charge is -2.09. The Kier molecular flexibility index (Phi) is 7.50. The number of nitrogens with one attached hydrogen (secondary N) is 2. The van der Waals surface area contributed by atoms with Crippen LogP contribution in [0.15, 0.2) is 30.9 Å². The van der Waals surface area contributed by atoms with Gasteiger partial charge in [0, 0.05) is 25.6 Å². The fourth-order valence-corrected chi connectivity index (χ4v) is 1.74. The number of ether oxygens (including phenoxy) is 1. The maximum Gasteiger partial charge on any atom is 0.251 e. The van der Waals surface area contributed by atoms with Crippen LogP contribution in [0.25, 0.3) is 0 Å². The van der Waals surface area contributed by atoms with E-state index in [-0.39, 0.29) is 11.8 Å². The van der Waals surface area contributed by atoms with Gasteiger partial charge in [0.1, 0.15) is 0 Å². The largest absolute Gasteiger partial charge is 0.383 e. The van der Waals surface area contributed by atoms with Crippen LogP contribution in [0.3, 0.4) is 0 Å². The van der Waals surface area contributed by atoms with Crippen LogP contribution in [-0.2, 0) is 9.53 Å². The maximum absolute atomic E-state index is 11.9. The van der Waals surface area contributed by atoms with Crippen molar-refractivity contribution < 1.29 is 14.3 Å². The smallest absolute Gasteiger partial charge is 0.251 e. The molecule has 2 N–H and O–H groups in total. The van der Waals surface area contributed by atoms with Gasteiger partial charge in [-0.1, -0.05) is 17.7 Å². The van der Waals surface area contributed by atoms with Gasteiger partial charge >= 0.3 is 0 Å². The molecule has 0 aliphatic heterocycles. The molecule has 0 heterocycles. The molecule has 0 radical (unpaired) electrons. The van der Waals surface area contributed by atoms with Gasteiger partial charge in [0.25, 0.3) is 5.91 Å². The SMILES string of the molecule is C=CCCC(=O)Nc1cc(C(=O)NCCOC)ccc1Cl. The molecule has 0 saturated heterocycles. The highest BCUT2D eigenvalue weighted by Gasteiger charge is 2.10. The lowest BCUT2D eigenvalue weighted by molar-refractivity contribution is -0.116. The van der Waals surface area contributed by atoms with Crippen molar-refractivity contribution in [2.75, 3.05) is 25.6 Å². The Morgan fingerprint density at radius 2 is 2.19 bits per heavy atom. The summed E-state index contributed by atoms with van der Waals surface area (Å²) < 4.78 is 4.86. The lowest BCUT2D eigenvalue weighted by Crippen LogP contribution is -2.27. The van der Waals surface area contributed by atoms with Gasteiger partial charge in [-0.15, -0.1) is 6.58 Å². The van der Waals surface area contributed by atoms with E-state index in [2.05, 4.69) is 17.2 Å². The summed E-state index contributed by atoms with van der Waals surface area (Å²) in [4.78, 5) is 23.6. The number of benzene rings is 1. The molecule has 1 rings (SSSR count). The van der Waals surface area contributed by atoms with Crippen LogP contribution >= 0.6 is 11.6 Å². The van der Waals surface area contributed by atoms with E-state index in [0.717, 1.165) is 0 Å². The molecule has 0 aromatic heterocycles. The van der Waals surface area contributed by atoms with Crippen LogP contribution in [0.2, 0.25) is 5.02 Å². The summed E-state index contributed by atoms with van der Waals surface area (Å²) in [5.41, 5.74) is 0.847. The molecule has 0 aliphatic carbocycles. The second-order valence-electron chi connectivity index (χ2n) is 4.32. The summed E-state index contributed by atoms with van der Waals surface area (Å²) in [5.74, 6) is -0.418. The monoisotopic (exact) mass is 310 g/mol. The van der Waals surface area contributed by atoms with Gasteiger partial charge in [-0.2, -0.15) is 0 Å². The van der Waals surface area contributed by atoms with E-state index in [9.17, 15) is 9.59 Å². The number of carbonyl (C=O) groups is 2. The van der Waals surface area contributed by atoms with E-state index < -0.39 is 0 Å². The summed E-state index contributed by atoms with van der Waals surface area (Å²) in [6.07, 6.45) is 2.57. The number of methoxy groups -OCH3 is 1. The molecular formula is C15H19ClN2O3. The molecule has 0 aliphatic rings. The van der Waals surface area contributed by atoms with Crippen molar-refractivity contribution in [2.24, 2.45) is 0 Å². The number of anilines is 1. The third-order valence-corrected chi connectivity index (χ3v) is 3.00. The lowest BCUT2D eigenvalue weighted by atomic mass is 10.1. The van der Waals surface area contributed by atoms with Gasteiger partial charge in [0.15, 0.2) is 0 Å². The molecule has 5 nitrogen and oxygen atoms in total. The van der Waals surface area contributed by atoms with Crippen LogP contribution in [0, 0.1) is 0 Å². The number of halogens is 1. The molecule has 0 bridgehead atoms. The molecule has 1 aromatic rings. The van der Waals surface area contributed by atoms with Gasteiger partial charge in [-0.3, -0.25) is 9.59 Å². The second kappa shape index (κ2) is 9.15. The quantitative estimate of drug-likeness (QED) is 0.573. The molecule has 0 spiro atoms. The van der Waals surface area contributed by atoms with E-state index in [1.165, 1.54) is 0 Å². The van der Waals surface area contributed by atoms with Gasteiger partial charge in [-0.05, 0) is 24.6 Å². The topological polar surface area (TPSA) is 67.4 Å². The molecule has 114 valence electrons. The molecular weight excluding hydrogens is 292 g/mol. The number of hydrogen-bond acceptors (Lipinski definition) is 3. The Labute approximate surface area is 129 Å². The molecule has 0 fully saturated rings. The number of amides is 2. The van der Waals surface area contributed by atoms with Crippen LogP contribution in [-0.4, -0.2) is 32.1 Å². The minimum absolute atomic E-state index is 0.172. The minimum Gasteiger partial charge on any atom is -0.383 e. The Hall–Kier alpha value is -1.85.